The van der Waals surface area contributed by atoms with E-state index >= 15 is 0 Å². The second kappa shape index (κ2) is 16.1. The monoisotopic (exact) mass is 722 g/mol. The van der Waals surface area contributed by atoms with Gasteiger partial charge >= 0.3 is 0 Å². The fourth-order valence-electron chi connectivity index (χ4n) is 7.57. The van der Waals surface area contributed by atoms with E-state index in [0.29, 0.717) is 6.61 Å². The van der Waals surface area contributed by atoms with Gasteiger partial charge in [-0.3, -0.25) is 0 Å². The maximum Gasteiger partial charge on any atom is 0.119 e. The van der Waals surface area contributed by atoms with Crippen LogP contribution in [-0.2, 0) is 6.61 Å². The Morgan fingerprint density at radius 2 is 0.946 bits per heavy atom. The van der Waals surface area contributed by atoms with Gasteiger partial charge in [0.05, 0.1) is 0 Å². The molecule has 0 saturated heterocycles. The highest BCUT2D eigenvalue weighted by Gasteiger charge is 2.17. The molecule has 0 saturated carbocycles. The molecule has 0 aliphatic heterocycles. The Kier molecular flexibility index (Phi) is 9.96. The van der Waals surface area contributed by atoms with Gasteiger partial charge in [0.2, 0.25) is 0 Å². The summed E-state index contributed by atoms with van der Waals surface area (Å²) in [4.78, 5) is 4.66. The lowest BCUT2D eigenvalue weighted by Crippen LogP contribution is -2.16. The fraction of sp³-hybridized carbons (Fsp3) is 0.0566. The van der Waals surface area contributed by atoms with Crippen molar-refractivity contribution in [1.29, 1.82) is 0 Å². The Hall–Kier alpha value is -7.10. The number of fused-ring (bicyclic) bond motifs is 1. The van der Waals surface area contributed by atoms with E-state index in [0.717, 1.165) is 52.6 Å². The Morgan fingerprint density at radius 3 is 1.66 bits per heavy atom. The van der Waals surface area contributed by atoms with Gasteiger partial charge in [0, 0.05) is 34.1 Å². The second-order valence-electron chi connectivity index (χ2n) is 14.0. The van der Waals surface area contributed by atoms with Crippen LogP contribution in [0.15, 0.2) is 224 Å². The lowest BCUT2D eigenvalue weighted by molar-refractivity contribution is 0.308. The first-order chi connectivity index (χ1) is 27.8. The van der Waals surface area contributed by atoms with E-state index in [1.807, 2.05) is 0 Å². The first-order valence-corrected chi connectivity index (χ1v) is 19.3. The van der Waals surface area contributed by atoms with Crippen molar-refractivity contribution in [2.24, 2.45) is 0 Å². The first kappa shape index (κ1) is 34.7. The smallest absolute Gasteiger partial charge is 0.119 e. The zero-order valence-electron chi connectivity index (χ0n) is 31.2. The summed E-state index contributed by atoms with van der Waals surface area (Å²) in [5, 5.41) is 2.45. The Morgan fingerprint density at radius 1 is 0.411 bits per heavy atom. The van der Waals surface area contributed by atoms with Crippen LogP contribution in [-0.4, -0.2) is 0 Å². The topological polar surface area (TPSA) is 15.7 Å². The molecule has 1 aliphatic carbocycles. The summed E-state index contributed by atoms with van der Waals surface area (Å²) in [6, 6.07) is 71.0. The molecule has 9 rings (SSSR count). The summed E-state index contributed by atoms with van der Waals surface area (Å²) >= 11 is 0. The molecule has 1 aliphatic rings. The predicted octanol–water partition coefficient (Wildman–Crippen LogP) is 14.6. The number of para-hydroxylation sites is 1. The van der Waals surface area contributed by atoms with Gasteiger partial charge in [-0.25, -0.2) is 0 Å². The predicted molar refractivity (Wildman–Crippen MR) is 235 cm³/mol. The highest BCUT2D eigenvalue weighted by Crippen LogP contribution is 2.39. The third-order valence-electron chi connectivity index (χ3n) is 10.4. The van der Waals surface area contributed by atoms with Crippen molar-refractivity contribution in [3.05, 3.63) is 230 Å². The average Bonchev–Trinajstić information content (AvgIpc) is 3.28. The minimum absolute atomic E-state index is 0.512. The van der Waals surface area contributed by atoms with Crippen LogP contribution >= 0.6 is 0 Å². The molecule has 0 spiro atoms. The summed E-state index contributed by atoms with van der Waals surface area (Å²) in [5.74, 6) is 0.839. The van der Waals surface area contributed by atoms with Gasteiger partial charge in [-0.05, 0) is 130 Å². The molecular formula is C53H42N2O. The van der Waals surface area contributed by atoms with Crippen LogP contribution in [0.5, 0.6) is 5.75 Å². The molecule has 8 aromatic carbocycles. The summed E-state index contributed by atoms with van der Waals surface area (Å²) in [7, 11) is 0. The van der Waals surface area contributed by atoms with E-state index in [2.05, 4.69) is 228 Å². The summed E-state index contributed by atoms with van der Waals surface area (Å²) in [5.41, 5.74) is 12.6. The molecule has 0 unspecified atom stereocenters. The van der Waals surface area contributed by atoms with Crippen LogP contribution in [0.1, 0.15) is 18.4 Å². The third kappa shape index (κ3) is 7.48. The fourth-order valence-corrected chi connectivity index (χ4v) is 7.57. The number of hydrogen-bond acceptors (Lipinski definition) is 3. The highest BCUT2D eigenvalue weighted by atomic mass is 16.5. The van der Waals surface area contributed by atoms with E-state index < -0.39 is 0 Å². The third-order valence-corrected chi connectivity index (χ3v) is 10.4. The Balaban J connectivity index is 0.982. The van der Waals surface area contributed by atoms with Crippen LogP contribution in [0.25, 0.3) is 33.0 Å². The zero-order chi connectivity index (χ0) is 37.5. The van der Waals surface area contributed by atoms with Crippen molar-refractivity contribution in [2.75, 3.05) is 9.80 Å². The summed E-state index contributed by atoms with van der Waals surface area (Å²) in [6.45, 7) is 0.512. The van der Waals surface area contributed by atoms with Gasteiger partial charge in [-0.2, -0.15) is 0 Å². The molecule has 0 fully saturated rings. The van der Waals surface area contributed by atoms with Crippen LogP contribution < -0.4 is 14.5 Å². The second-order valence-corrected chi connectivity index (χ2v) is 14.0. The zero-order valence-corrected chi connectivity index (χ0v) is 31.2. The molecule has 0 N–H and O–H groups in total. The molecule has 3 heteroatoms. The number of anilines is 5. The largest absolute Gasteiger partial charge is 0.489 e. The Labute approximate surface area is 329 Å². The average molecular weight is 723 g/mol. The number of benzene rings is 8. The van der Waals surface area contributed by atoms with Crippen molar-refractivity contribution in [3.8, 4) is 28.0 Å². The van der Waals surface area contributed by atoms with E-state index in [1.54, 1.807) is 0 Å². The molecular weight excluding hydrogens is 681 g/mol. The highest BCUT2D eigenvalue weighted by molar-refractivity contribution is 5.86. The van der Waals surface area contributed by atoms with Gasteiger partial charge in [0.25, 0.3) is 0 Å². The van der Waals surface area contributed by atoms with Crippen LogP contribution in [0.4, 0.5) is 28.4 Å². The first-order valence-electron chi connectivity index (χ1n) is 19.3. The minimum atomic E-state index is 0.512. The quantitative estimate of drug-likeness (QED) is 0.132. The van der Waals surface area contributed by atoms with Gasteiger partial charge in [0.1, 0.15) is 12.4 Å². The molecule has 8 aromatic rings. The summed E-state index contributed by atoms with van der Waals surface area (Å²) in [6.07, 6.45) is 8.96. The molecule has 0 heterocycles. The SMILES string of the molecule is C1=CC(N(c2ccc(-c3ccccc3)cc2)c2cccc(-c3ccc(N(c4ccccc4)c4ccc(OCc5cccc6ccccc56)cc4)cc3)c2)=CCC1. The standard InChI is InChI=1S/C53H42N2O/c1-4-14-40(15-5-1)41-26-30-49(31-27-41)55(47-22-8-3-9-23-47)51-24-13-18-44(38-51)42-28-32-48(33-29-42)54(46-20-6-2-7-21-46)50-34-36-52(37-35-50)56-39-45-19-12-17-43-16-10-11-25-53(43)45/h1-2,4-8,10-38H,3,9,39H2. The van der Waals surface area contributed by atoms with Crippen molar-refractivity contribution in [3.63, 3.8) is 0 Å². The van der Waals surface area contributed by atoms with Gasteiger partial charge in [-0.1, -0.05) is 140 Å². The lowest BCUT2D eigenvalue weighted by atomic mass is 10.0. The molecule has 270 valence electrons. The molecule has 0 atom stereocenters. The number of ether oxygens (including phenoxy) is 1. The number of allylic oxidation sites excluding steroid dienone is 3. The van der Waals surface area contributed by atoms with Gasteiger partial charge in [0.15, 0.2) is 0 Å². The maximum absolute atomic E-state index is 6.30. The lowest BCUT2D eigenvalue weighted by Gasteiger charge is -2.28. The van der Waals surface area contributed by atoms with Gasteiger partial charge in [-0.15, -0.1) is 0 Å². The van der Waals surface area contributed by atoms with E-state index in [4.69, 9.17) is 4.74 Å². The van der Waals surface area contributed by atoms with E-state index in [-0.39, 0.29) is 0 Å². The van der Waals surface area contributed by atoms with Gasteiger partial charge < -0.3 is 14.5 Å². The molecule has 0 aromatic heterocycles. The van der Waals surface area contributed by atoms with Crippen LogP contribution in [0.2, 0.25) is 0 Å². The van der Waals surface area contributed by atoms with Crippen molar-refractivity contribution in [2.45, 2.75) is 19.4 Å². The van der Waals surface area contributed by atoms with Crippen molar-refractivity contribution < 1.29 is 4.74 Å². The number of nitrogens with zero attached hydrogens (tertiary/aromatic N) is 2. The minimum Gasteiger partial charge on any atom is -0.489 e. The number of rotatable bonds is 11. The molecule has 56 heavy (non-hydrogen) atoms. The normalized spacial score (nSPS) is 12.2. The van der Waals surface area contributed by atoms with Crippen molar-refractivity contribution >= 4 is 39.2 Å². The van der Waals surface area contributed by atoms with E-state index in [1.165, 1.54) is 38.7 Å². The van der Waals surface area contributed by atoms with Crippen LogP contribution in [0, 0.1) is 0 Å². The van der Waals surface area contributed by atoms with Crippen molar-refractivity contribution in [1.82, 2.24) is 0 Å². The molecule has 0 amide bonds. The maximum atomic E-state index is 6.30. The summed E-state index contributed by atoms with van der Waals surface area (Å²) < 4.78 is 6.30. The molecule has 0 radical (unpaired) electrons. The molecule has 3 nitrogen and oxygen atoms in total. The Bertz CT molecular complexity index is 2600. The van der Waals surface area contributed by atoms with E-state index in [9.17, 15) is 0 Å². The molecule has 0 bridgehead atoms. The van der Waals surface area contributed by atoms with Crippen LogP contribution in [0.3, 0.4) is 0 Å². The number of hydrogen-bond donors (Lipinski definition) is 0.